The number of benzene rings is 2. The number of hydrogen-bond acceptors (Lipinski definition) is 4. The minimum atomic E-state index is -0.180. The summed E-state index contributed by atoms with van der Waals surface area (Å²) in [6.45, 7) is 0. The number of para-hydroxylation sites is 1. The van der Waals surface area contributed by atoms with Gasteiger partial charge in [0.15, 0.2) is 5.82 Å². The van der Waals surface area contributed by atoms with Gasteiger partial charge in [0.05, 0.1) is 5.52 Å². The fourth-order valence-electron chi connectivity index (χ4n) is 2.12. The van der Waals surface area contributed by atoms with Gasteiger partial charge in [-0.15, -0.1) is 0 Å². The molecule has 5 nitrogen and oxygen atoms in total. The van der Waals surface area contributed by atoms with Gasteiger partial charge < -0.3 is 0 Å². The topological polar surface area (TPSA) is 58.1 Å². The van der Waals surface area contributed by atoms with Crippen LogP contribution < -0.4 is 10.4 Å². The summed E-state index contributed by atoms with van der Waals surface area (Å²) in [4.78, 5) is 20.6. The molecule has 0 atom stereocenters. The number of anilines is 1. The van der Waals surface area contributed by atoms with Crippen LogP contribution in [0.25, 0.3) is 10.9 Å². The van der Waals surface area contributed by atoms with E-state index in [-0.39, 0.29) is 5.91 Å². The summed E-state index contributed by atoms with van der Waals surface area (Å²) in [6, 6.07) is 16.7. The molecule has 1 aromatic heterocycles. The molecule has 0 spiro atoms. The molecule has 0 aliphatic carbocycles. The number of amides is 1. The molecular formula is C16H14N4O. The van der Waals surface area contributed by atoms with Gasteiger partial charge in [-0.25, -0.2) is 9.97 Å². The zero-order chi connectivity index (χ0) is 14.7. The molecule has 2 aromatic carbocycles. The predicted molar refractivity (Wildman–Crippen MR) is 81.8 cm³/mol. The van der Waals surface area contributed by atoms with Gasteiger partial charge in [-0.3, -0.25) is 15.2 Å². The highest BCUT2D eigenvalue weighted by Gasteiger charge is 2.12. The average molecular weight is 278 g/mol. The first kappa shape index (κ1) is 13.1. The lowest BCUT2D eigenvalue weighted by atomic mass is 10.2. The summed E-state index contributed by atoms with van der Waals surface area (Å²) in [5, 5.41) is 2.50. The van der Waals surface area contributed by atoms with Crippen molar-refractivity contribution in [3.05, 3.63) is 66.5 Å². The fourth-order valence-corrected chi connectivity index (χ4v) is 2.12. The zero-order valence-electron chi connectivity index (χ0n) is 11.5. The number of carbonyl (C=O) groups is 1. The summed E-state index contributed by atoms with van der Waals surface area (Å²) >= 11 is 0. The Bertz CT molecular complexity index is 768. The van der Waals surface area contributed by atoms with Crippen molar-refractivity contribution in [3.63, 3.8) is 0 Å². The molecule has 1 amide bonds. The molecule has 0 saturated heterocycles. The van der Waals surface area contributed by atoms with Gasteiger partial charge in [0, 0.05) is 18.0 Å². The monoisotopic (exact) mass is 278 g/mol. The Morgan fingerprint density at radius 1 is 1.00 bits per heavy atom. The first-order valence-electron chi connectivity index (χ1n) is 6.55. The maximum Gasteiger partial charge on any atom is 0.269 e. The van der Waals surface area contributed by atoms with E-state index in [1.165, 1.54) is 6.33 Å². The Hall–Kier alpha value is -2.95. The lowest BCUT2D eigenvalue weighted by molar-refractivity contribution is 0.0951. The van der Waals surface area contributed by atoms with Crippen LogP contribution in [0.3, 0.4) is 0 Å². The minimum Gasteiger partial charge on any atom is -0.271 e. The van der Waals surface area contributed by atoms with E-state index < -0.39 is 0 Å². The van der Waals surface area contributed by atoms with Gasteiger partial charge in [-0.1, -0.05) is 30.3 Å². The van der Waals surface area contributed by atoms with E-state index in [0.29, 0.717) is 11.4 Å². The average Bonchev–Trinajstić information content (AvgIpc) is 2.55. The number of aromatic nitrogens is 2. The van der Waals surface area contributed by atoms with Crippen LogP contribution in [0.5, 0.6) is 0 Å². The number of carbonyl (C=O) groups excluding carboxylic acids is 1. The third kappa shape index (κ3) is 2.67. The molecule has 3 aromatic rings. The molecule has 0 aliphatic heterocycles. The first-order valence-corrected chi connectivity index (χ1v) is 6.55. The van der Waals surface area contributed by atoms with E-state index in [1.807, 2.05) is 42.5 Å². The van der Waals surface area contributed by atoms with Gasteiger partial charge >= 0.3 is 0 Å². The van der Waals surface area contributed by atoms with Crippen LogP contribution >= 0.6 is 0 Å². The minimum absolute atomic E-state index is 0.180. The maximum atomic E-state index is 12.2. The Kier molecular flexibility index (Phi) is 3.47. The van der Waals surface area contributed by atoms with Crippen molar-refractivity contribution in [1.82, 2.24) is 15.4 Å². The van der Waals surface area contributed by atoms with E-state index in [2.05, 4.69) is 15.4 Å². The largest absolute Gasteiger partial charge is 0.271 e. The predicted octanol–water partition coefficient (Wildman–Crippen LogP) is 2.41. The van der Waals surface area contributed by atoms with Gasteiger partial charge in [0.2, 0.25) is 0 Å². The number of nitrogens with one attached hydrogen (secondary N) is 1. The molecule has 0 fully saturated rings. The van der Waals surface area contributed by atoms with E-state index in [4.69, 9.17) is 0 Å². The van der Waals surface area contributed by atoms with Crippen molar-refractivity contribution >= 4 is 22.6 Å². The molecule has 0 saturated carbocycles. The van der Waals surface area contributed by atoms with Crippen molar-refractivity contribution in [2.45, 2.75) is 0 Å². The maximum absolute atomic E-state index is 12.2. The van der Waals surface area contributed by atoms with Crippen LogP contribution in [0, 0.1) is 0 Å². The molecule has 1 N–H and O–H groups in total. The Balaban J connectivity index is 1.88. The highest BCUT2D eigenvalue weighted by Crippen LogP contribution is 2.20. The molecule has 1 heterocycles. The van der Waals surface area contributed by atoms with Crippen LogP contribution in [-0.2, 0) is 0 Å². The van der Waals surface area contributed by atoms with Crippen LogP contribution in [0.4, 0.5) is 5.82 Å². The second-order valence-corrected chi connectivity index (χ2v) is 4.58. The van der Waals surface area contributed by atoms with Crippen molar-refractivity contribution in [3.8, 4) is 0 Å². The fraction of sp³-hybridized carbons (Fsp3) is 0.0625. The van der Waals surface area contributed by atoms with Crippen LogP contribution in [0.15, 0.2) is 60.9 Å². The molecule has 0 radical (unpaired) electrons. The van der Waals surface area contributed by atoms with Crippen molar-refractivity contribution in [2.24, 2.45) is 0 Å². The van der Waals surface area contributed by atoms with E-state index in [1.54, 1.807) is 24.2 Å². The van der Waals surface area contributed by atoms with E-state index in [9.17, 15) is 4.79 Å². The Morgan fingerprint density at radius 3 is 2.52 bits per heavy atom. The van der Waals surface area contributed by atoms with Crippen molar-refractivity contribution in [2.75, 3.05) is 12.1 Å². The lowest BCUT2D eigenvalue weighted by Crippen LogP contribution is -2.40. The van der Waals surface area contributed by atoms with Crippen molar-refractivity contribution < 1.29 is 4.79 Å². The normalized spacial score (nSPS) is 10.3. The quantitative estimate of drug-likeness (QED) is 0.747. The Morgan fingerprint density at radius 2 is 1.71 bits per heavy atom. The summed E-state index contributed by atoms with van der Waals surface area (Å²) < 4.78 is 0. The molecule has 0 unspecified atom stereocenters. The molecule has 104 valence electrons. The molecular weight excluding hydrogens is 264 g/mol. The third-order valence-corrected chi connectivity index (χ3v) is 3.14. The summed E-state index contributed by atoms with van der Waals surface area (Å²) in [7, 11) is 1.76. The summed E-state index contributed by atoms with van der Waals surface area (Å²) in [6.07, 6.45) is 1.49. The number of nitrogens with zero attached hydrogens (tertiary/aromatic N) is 3. The highest BCUT2D eigenvalue weighted by atomic mass is 16.2. The highest BCUT2D eigenvalue weighted by molar-refractivity contribution is 5.96. The molecule has 5 heteroatoms. The smallest absolute Gasteiger partial charge is 0.269 e. The van der Waals surface area contributed by atoms with Crippen molar-refractivity contribution in [1.29, 1.82) is 0 Å². The molecule has 0 bridgehead atoms. The standard InChI is InChI=1S/C16H14N4O/c1-20(19-16(21)12-7-3-2-4-8-12)15-13-9-5-6-10-14(13)17-11-18-15/h2-11H,1H3,(H,19,21). The van der Waals surface area contributed by atoms with Crippen LogP contribution in [0.2, 0.25) is 0 Å². The lowest BCUT2D eigenvalue weighted by Gasteiger charge is -2.20. The van der Waals surface area contributed by atoms with Gasteiger partial charge in [0.1, 0.15) is 6.33 Å². The van der Waals surface area contributed by atoms with Gasteiger partial charge in [-0.2, -0.15) is 0 Å². The zero-order valence-corrected chi connectivity index (χ0v) is 11.5. The number of fused-ring (bicyclic) bond motifs is 1. The van der Waals surface area contributed by atoms with Crippen LogP contribution in [-0.4, -0.2) is 22.9 Å². The summed E-state index contributed by atoms with van der Waals surface area (Å²) in [5.41, 5.74) is 4.24. The van der Waals surface area contributed by atoms with Gasteiger partial charge in [0.25, 0.3) is 5.91 Å². The molecule has 3 rings (SSSR count). The van der Waals surface area contributed by atoms with Gasteiger partial charge in [-0.05, 0) is 24.3 Å². The van der Waals surface area contributed by atoms with Crippen LogP contribution in [0.1, 0.15) is 10.4 Å². The van der Waals surface area contributed by atoms with E-state index >= 15 is 0 Å². The second-order valence-electron chi connectivity index (χ2n) is 4.58. The SMILES string of the molecule is CN(NC(=O)c1ccccc1)c1ncnc2ccccc12. The van der Waals surface area contributed by atoms with E-state index in [0.717, 1.165) is 10.9 Å². The third-order valence-electron chi connectivity index (χ3n) is 3.14. The number of hydrazine groups is 1. The summed E-state index contributed by atoms with van der Waals surface area (Å²) in [5.74, 6) is 0.477. The molecule has 0 aliphatic rings. The Labute approximate surface area is 122 Å². The first-order chi connectivity index (χ1) is 10.3. The molecule has 21 heavy (non-hydrogen) atoms. The second kappa shape index (κ2) is 5.58. The number of rotatable bonds is 3. The number of hydrogen-bond donors (Lipinski definition) is 1.